The van der Waals surface area contributed by atoms with E-state index in [2.05, 4.69) is 15.5 Å². The van der Waals surface area contributed by atoms with Gasteiger partial charge in [-0.15, -0.1) is 10.2 Å². The Morgan fingerprint density at radius 2 is 1.81 bits per heavy atom. The number of hydrogen-bond acceptors (Lipinski definition) is 5. The van der Waals surface area contributed by atoms with E-state index in [0.717, 1.165) is 10.6 Å². The van der Waals surface area contributed by atoms with Crippen LogP contribution in [0.2, 0.25) is 0 Å². The van der Waals surface area contributed by atoms with Gasteiger partial charge in [0.15, 0.2) is 0 Å². The van der Waals surface area contributed by atoms with Crippen LogP contribution in [0.3, 0.4) is 0 Å². The molecular weight excluding hydrogens is 290 g/mol. The third-order valence-electron chi connectivity index (χ3n) is 2.74. The van der Waals surface area contributed by atoms with Crippen LogP contribution in [-0.2, 0) is 9.59 Å². The smallest absolute Gasteiger partial charge is 0.303 e. The molecule has 0 fully saturated rings. The molecule has 0 atom stereocenters. The minimum absolute atomic E-state index is 0.0875. The van der Waals surface area contributed by atoms with E-state index in [9.17, 15) is 9.59 Å². The van der Waals surface area contributed by atoms with Gasteiger partial charge in [-0.3, -0.25) is 9.59 Å². The van der Waals surface area contributed by atoms with Gasteiger partial charge in [0.2, 0.25) is 11.0 Å². The average molecular weight is 305 g/mol. The minimum Gasteiger partial charge on any atom is -0.481 e. The molecule has 0 aliphatic heterocycles. The summed E-state index contributed by atoms with van der Waals surface area (Å²) in [4.78, 5) is 22.0. The molecule has 0 saturated heterocycles. The molecular formula is C14H15N3O3S. The Bertz CT molecular complexity index is 613. The fourth-order valence-corrected chi connectivity index (χ4v) is 2.48. The molecule has 0 aliphatic carbocycles. The molecule has 6 nitrogen and oxygen atoms in total. The van der Waals surface area contributed by atoms with Gasteiger partial charge in [0.1, 0.15) is 5.01 Å². The third kappa shape index (κ3) is 4.96. The molecule has 2 N–H and O–H groups in total. The van der Waals surface area contributed by atoms with Crippen molar-refractivity contribution in [3.63, 3.8) is 0 Å². The molecule has 1 aromatic carbocycles. The van der Waals surface area contributed by atoms with E-state index in [0.29, 0.717) is 18.0 Å². The Balaban J connectivity index is 1.82. The number of carboxylic acid groups (broad SMARTS) is 1. The second-order valence-corrected chi connectivity index (χ2v) is 5.40. The molecule has 110 valence electrons. The lowest BCUT2D eigenvalue weighted by Gasteiger charge is -1.99. The van der Waals surface area contributed by atoms with E-state index in [1.165, 1.54) is 11.3 Å². The van der Waals surface area contributed by atoms with Crippen molar-refractivity contribution < 1.29 is 14.7 Å². The maximum atomic E-state index is 11.7. The van der Waals surface area contributed by atoms with Crippen LogP contribution in [0.1, 0.15) is 25.7 Å². The molecule has 1 heterocycles. The predicted octanol–water partition coefficient (Wildman–Crippen LogP) is 2.79. The fraction of sp³-hybridized carbons (Fsp3) is 0.286. The highest BCUT2D eigenvalue weighted by molar-refractivity contribution is 7.18. The molecule has 0 saturated carbocycles. The second kappa shape index (κ2) is 7.49. The van der Waals surface area contributed by atoms with E-state index in [4.69, 9.17) is 5.11 Å². The van der Waals surface area contributed by atoms with Gasteiger partial charge >= 0.3 is 5.97 Å². The summed E-state index contributed by atoms with van der Waals surface area (Å²) in [6.07, 6.45) is 1.41. The van der Waals surface area contributed by atoms with Gasteiger partial charge in [-0.05, 0) is 12.8 Å². The van der Waals surface area contributed by atoms with Crippen LogP contribution in [0.5, 0.6) is 0 Å². The molecule has 1 aromatic heterocycles. The summed E-state index contributed by atoms with van der Waals surface area (Å²) >= 11 is 1.31. The number of nitrogens with one attached hydrogen (secondary N) is 1. The summed E-state index contributed by atoms with van der Waals surface area (Å²) in [5.41, 5.74) is 0.956. The highest BCUT2D eigenvalue weighted by Crippen LogP contribution is 2.25. The second-order valence-electron chi connectivity index (χ2n) is 4.43. The molecule has 7 heteroatoms. The Morgan fingerprint density at radius 3 is 2.52 bits per heavy atom. The lowest BCUT2D eigenvalue weighted by molar-refractivity contribution is -0.137. The number of anilines is 1. The first-order valence-corrected chi connectivity index (χ1v) is 7.37. The van der Waals surface area contributed by atoms with E-state index in [1.54, 1.807) is 0 Å². The molecule has 21 heavy (non-hydrogen) atoms. The quantitative estimate of drug-likeness (QED) is 0.767. The Labute approximate surface area is 125 Å². The Morgan fingerprint density at radius 1 is 1.10 bits per heavy atom. The van der Waals surface area contributed by atoms with Crippen molar-refractivity contribution in [1.29, 1.82) is 0 Å². The van der Waals surface area contributed by atoms with E-state index in [1.807, 2.05) is 30.3 Å². The van der Waals surface area contributed by atoms with Crippen molar-refractivity contribution in [3.8, 4) is 10.6 Å². The largest absolute Gasteiger partial charge is 0.481 e. The highest BCUT2D eigenvalue weighted by Gasteiger charge is 2.09. The van der Waals surface area contributed by atoms with Gasteiger partial charge in [0.05, 0.1) is 0 Å². The van der Waals surface area contributed by atoms with Crippen LogP contribution in [0, 0.1) is 0 Å². The number of carbonyl (C=O) groups excluding carboxylic acids is 1. The van der Waals surface area contributed by atoms with E-state index >= 15 is 0 Å². The number of benzene rings is 1. The molecule has 0 bridgehead atoms. The average Bonchev–Trinajstić information content (AvgIpc) is 2.93. The van der Waals surface area contributed by atoms with E-state index < -0.39 is 5.97 Å². The lowest BCUT2D eigenvalue weighted by atomic mass is 10.2. The zero-order chi connectivity index (χ0) is 15.1. The zero-order valence-corrected chi connectivity index (χ0v) is 12.1. The van der Waals surface area contributed by atoms with Gasteiger partial charge in [-0.2, -0.15) is 0 Å². The standard InChI is InChI=1S/C14H15N3O3S/c18-11(8-4-5-9-12(19)20)15-14-17-16-13(21-14)10-6-2-1-3-7-10/h1-3,6-7H,4-5,8-9H2,(H,19,20)(H,15,17,18). The first kappa shape index (κ1) is 15.1. The number of carboxylic acids is 1. The topological polar surface area (TPSA) is 92.2 Å². The summed E-state index contributed by atoms with van der Waals surface area (Å²) in [6, 6.07) is 9.61. The van der Waals surface area contributed by atoms with Crippen LogP contribution >= 0.6 is 11.3 Å². The zero-order valence-electron chi connectivity index (χ0n) is 11.3. The monoisotopic (exact) mass is 305 g/mol. The summed E-state index contributed by atoms with van der Waals surface area (Å²) in [5, 5.41) is 20.4. The maximum absolute atomic E-state index is 11.7. The molecule has 0 radical (unpaired) electrons. The number of aliphatic carboxylic acids is 1. The number of nitrogens with zero attached hydrogens (tertiary/aromatic N) is 2. The van der Waals surface area contributed by atoms with Crippen LogP contribution in [0.15, 0.2) is 30.3 Å². The van der Waals surface area contributed by atoms with Crippen molar-refractivity contribution in [1.82, 2.24) is 10.2 Å². The maximum Gasteiger partial charge on any atom is 0.303 e. The number of amides is 1. The first-order valence-electron chi connectivity index (χ1n) is 6.56. The fourth-order valence-electron chi connectivity index (χ4n) is 1.71. The SMILES string of the molecule is O=C(O)CCCCC(=O)Nc1nnc(-c2ccccc2)s1. The van der Waals surface area contributed by atoms with Gasteiger partial charge < -0.3 is 10.4 Å². The van der Waals surface area contributed by atoms with E-state index in [-0.39, 0.29) is 18.7 Å². The summed E-state index contributed by atoms with van der Waals surface area (Å²) in [6.45, 7) is 0. The van der Waals surface area contributed by atoms with Gasteiger partial charge in [-0.1, -0.05) is 41.7 Å². The minimum atomic E-state index is -0.841. The third-order valence-corrected chi connectivity index (χ3v) is 3.62. The predicted molar refractivity (Wildman–Crippen MR) is 80.1 cm³/mol. The van der Waals surface area contributed by atoms with Gasteiger partial charge in [0, 0.05) is 18.4 Å². The Kier molecular flexibility index (Phi) is 5.39. The van der Waals surface area contributed by atoms with Gasteiger partial charge in [0.25, 0.3) is 0 Å². The number of hydrogen-bond donors (Lipinski definition) is 2. The van der Waals surface area contributed by atoms with Crippen molar-refractivity contribution >= 4 is 28.3 Å². The molecule has 2 rings (SSSR count). The molecule has 2 aromatic rings. The number of rotatable bonds is 7. The highest BCUT2D eigenvalue weighted by atomic mass is 32.1. The molecule has 0 spiro atoms. The Hall–Kier alpha value is -2.28. The number of carbonyl (C=O) groups is 2. The van der Waals surface area contributed by atoms with Crippen molar-refractivity contribution in [2.24, 2.45) is 0 Å². The molecule has 0 unspecified atom stereocenters. The van der Waals surface area contributed by atoms with Crippen molar-refractivity contribution in [2.75, 3.05) is 5.32 Å². The summed E-state index contributed by atoms with van der Waals surface area (Å²) in [7, 11) is 0. The lowest BCUT2D eigenvalue weighted by Crippen LogP contribution is -2.11. The van der Waals surface area contributed by atoms with Gasteiger partial charge in [-0.25, -0.2) is 0 Å². The van der Waals surface area contributed by atoms with Crippen molar-refractivity contribution in [3.05, 3.63) is 30.3 Å². The van der Waals surface area contributed by atoms with Crippen LogP contribution < -0.4 is 5.32 Å². The first-order chi connectivity index (χ1) is 10.1. The summed E-state index contributed by atoms with van der Waals surface area (Å²) in [5.74, 6) is -1.01. The molecule has 0 aliphatic rings. The number of unbranched alkanes of at least 4 members (excludes halogenated alkanes) is 1. The molecule has 1 amide bonds. The number of aromatic nitrogens is 2. The van der Waals surface area contributed by atoms with Crippen LogP contribution in [0.25, 0.3) is 10.6 Å². The van der Waals surface area contributed by atoms with Crippen molar-refractivity contribution in [2.45, 2.75) is 25.7 Å². The normalized spacial score (nSPS) is 10.3. The summed E-state index contributed by atoms with van der Waals surface area (Å²) < 4.78 is 0. The van der Waals surface area contributed by atoms with Crippen LogP contribution in [0.4, 0.5) is 5.13 Å². The van der Waals surface area contributed by atoms with Crippen LogP contribution in [-0.4, -0.2) is 27.2 Å².